The fourth-order valence-corrected chi connectivity index (χ4v) is 2.74. The number of fused-ring (bicyclic) bond motifs is 1. The van der Waals surface area contributed by atoms with Crippen LogP contribution in [-0.4, -0.2) is 9.97 Å². The highest BCUT2D eigenvalue weighted by Crippen LogP contribution is 2.29. The van der Waals surface area contributed by atoms with Crippen molar-refractivity contribution in [3.63, 3.8) is 0 Å². The van der Waals surface area contributed by atoms with Gasteiger partial charge in [-0.3, -0.25) is 0 Å². The van der Waals surface area contributed by atoms with Gasteiger partial charge in [-0.1, -0.05) is 44.2 Å². The molecule has 1 heterocycles. The molecule has 2 aromatic carbocycles. The first-order valence-corrected chi connectivity index (χ1v) is 7.38. The maximum Gasteiger partial charge on any atom is 0.162 e. The number of nitrogens with zero attached hydrogens (tertiary/aromatic N) is 2. The Morgan fingerprint density at radius 3 is 2.19 bits per heavy atom. The maximum absolute atomic E-state index is 6.13. The van der Waals surface area contributed by atoms with Crippen LogP contribution in [0.3, 0.4) is 0 Å². The van der Waals surface area contributed by atoms with Crippen molar-refractivity contribution in [2.45, 2.75) is 26.7 Å². The highest BCUT2D eigenvalue weighted by molar-refractivity contribution is 5.89. The molecule has 0 saturated heterocycles. The van der Waals surface area contributed by atoms with Crippen LogP contribution < -0.4 is 5.73 Å². The van der Waals surface area contributed by atoms with E-state index in [1.807, 2.05) is 24.3 Å². The fraction of sp³-hybridized carbons (Fsp3) is 0.222. The zero-order valence-electron chi connectivity index (χ0n) is 12.4. The van der Waals surface area contributed by atoms with Crippen molar-refractivity contribution in [3.8, 4) is 11.4 Å². The Hall–Kier alpha value is -2.42. The topological polar surface area (TPSA) is 51.8 Å². The summed E-state index contributed by atoms with van der Waals surface area (Å²) in [5, 5.41) is 0.910. The Morgan fingerprint density at radius 1 is 0.857 bits per heavy atom. The average molecular weight is 277 g/mol. The van der Waals surface area contributed by atoms with Crippen LogP contribution in [0.4, 0.5) is 5.82 Å². The Morgan fingerprint density at radius 2 is 1.52 bits per heavy atom. The second-order valence-electron chi connectivity index (χ2n) is 5.11. The summed E-state index contributed by atoms with van der Waals surface area (Å²) in [4.78, 5) is 9.29. The maximum atomic E-state index is 6.13. The number of nitrogen functional groups attached to an aromatic ring is 1. The standard InChI is InChI=1S/C18H19N3/c1-3-12-8-7-9-13(4-2)16(12)18-20-15-11-6-5-10-14(15)17(19)21-18/h5-11H,3-4H2,1-2H3,(H2,19,20,21). The molecule has 0 bridgehead atoms. The van der Waals surface area contributed by atoms with Crippen molar-refractivity contribution in [2.24, 2.45) is 0 Å². The predicted molar refractivity (Wildman–Crippen MR) is 88.1 cm³/mol. The minimum Gasteiger partial charge on any atom is -0.383 e. The van der Waals surface area contributed by atoms with Crippen LogP contribution in [0.5, 0.6) is 0 Å². The molecule has 0 unspecified atom stereocenters. The second kappa shape index (κ2) is 5.52. The smallest absolute Gasteiger partial charge is 0.162 e. The summed E-state index contributed by atoms with van der Waals surface area (Å²) in [6.45, 7) is 4.31. The molecule has 0 fully saturated rings. The van der Waals surface area contributed by atoms with Gasteiger partial charge in [-0.15, -0.1) is 0 Å². The van der Waals surface area contributed by atoms with Crippen LogP contribution in [0.25, 0.3) is 22.3 Å². The number of hydrogen-bond acceptors (Lipinski definition) is 3. The molecule has 0 aliphatic heterocycles. The van der Waals surface area contributed by atoms with E-state index >= 15 is 0 Å². The van der Waals surface area contributed by atoms with Crippen molar-refractivity contribution in [1.29, 1.82) is 0 Å². The highest BCUT2D eigenvalue weighted by Gasteiger charge is 2.13. The van der Waals surface area contributed by atoms with Crippen LogP contribution >= 0.6 is 0 Å². The largest absolute Gasteiger partial charge is 0.383 e. The van der Waals surface area contributed by atoms with Gasteiger partial charge >= 0.3 is 0 Å². The van der Waals surface area contributed by atoms with E-state index in [0.29, 0.717) is 5.82 Å². The Labute approximate surface area is 124 Å². The van der Waals surface area contributed by atoms with Crippen LogP contribution in [0.15, 0.2) is 42.5 Å². The van der Waals surface area contributed by atoms with Gasteiger partial charge in [0, 0.05) is 10.9 Å². The number of hydrogen-bond donors (Lipinski definition) is 1. The molecule has 0 spiro atoms. The van der Waals surface area contributed by atoms with Gasteiger partial charge in [0.15, 0.2) is 5.82 Å². The fourth-order valence-electron chi connectivity index (χ4n) is 2.74. The van der Waals surface area contributed by atoms with Crippen molar-refractivity contribution < 1.29 is 0 Å². The number of aromatic nitrogens is 2. The lowest BCUT2D eigenvalue weighted by Crippen LogP contribution is -2.02. The summed E-state index contributed by atoms with van der Waals surface area (Å²) in [6, 6.07) is 14.3. The van der Waals surface area contributed by atoms with Crippen LogP contribution in [0.1, 0.15) is 25.0 Å². The number of rotatable bonds is 3. The normalized spacial score (nSPS) is 11.0. The second-order valence-corrected chi connectivity index (χ2v) is 5.11. The summed E-state index contributed by atoms with van der Waals surface area (Å²) in [7, 11) is 0. The number of nitrogens with two attached hydrogens (primary N) is 1. The van der Waals surface area contributed by atoms with E-state index in [1.165, 1.54) is 11.1 Å². The van der Waals surface area contributed by atoms with Crippen LogP contribution in [-0.2, 0) is 12.8 Å². The molecule has 1 aromatic heterocycles. The van der Waals surface area contributed by atoms with Crippen molar-refractivity contribution in [2.75, 3.05) is 5.73 Å². The molecular weight excluding hydrogens is 258 g/mol. The van der Waals surface area contributed by atoms with Gasteiger partial charge in [0.2, 0.25) is 0 Å². The molecule has 0 aliphatic carbocycles. The number of anilines is 1. The quantitative estimate of drug-likeness (QED) is 0.787. The van der Waals surface area contributed by atoms with E-state index in [1.54, 1.807) is 0 Å². The molecule has 3 nitrogen and oxygen atoms in total. The Balaban J connectivity index is 2.30. The highest BCUT2D eigenvalue weighted by atomic mass is 14.9. The first-order chi connectivity index (χ1) is 10.2. The monoisotopic (exact) mass is 277 g/mol. The van der Waals surface area contributed by atoms with Gasteiger partial charge < -0.3 is 5.73 Å². The molecule has 0 aliphatic rings. The van der Waals surface area contributed by atoms with Gasteiger partial charge in [-0.05, 0) is 36.1 Å². The Kier molecular flexibility index (Phi) is 3.57. The van der Waals surface area contributed by atoms with E-state index in [-0.39, 0.29) is 0 Å². The SMILES string of the molecule is CCc1cccc(CC)c1-c1nc(N)c2ccccc2n1. The Bertz CT molecular complexity index is 771. The van der Waals surface area contributed by atoms with Crippen molar-refractivity contribution in [1.82, 2.24) is 9.97 Å². The van der Waals surface area contributed by atoms with E-state index < -0.39 is 0 Å². The third-order valence-corrected chi connectivity index (χ3v) is 3.86. The van der Waals surface area contributed by atoms with E-state index in [2.05, 4.69) is 37.0 Å². The minimum atomic E-state index is 0.545. The molecule has 0 atom stereocenters. The number of benzene rings is 2. The van der Waals surface area contributed by atoms with Crippen LogP contribution in [0, 0.1) is 0 Å². The first-order valence-electron chi connectivity index (χ1n) is 7.38. The molecule has 0 radical (unpaired) electrons. The van der Waals surface area contributed by atoms with Crippen LogP contribution in [0.2, 0.25) is 0 Å². The third kappa shape index (κ3) is 2.35. The minimum absolute atomic E-state index is 0.545. The molecule has 2 N–H and O–H groups in total. The predicted octanol–water partition coefficient (Wildman–Crippen LogP) is 4.00. The third-order valence-electron chi connectivity index (χ3n) is 3.86. The first kappa shape index (κ1) is 13.6. The number of para-hydroxylation sites is 1. The van der Waals surface area contributed by atoms with E-state index in [4.69, 9.17) is 10.7 Å². The lowest BCUT2D eigenvalue weighted by atomic mass is 9.97. The molecule has 106 valence electrons. The molecule has 3 aromatic rings. The van der Waals surface area contributed by atoms with E-state index in [0.717, 1.165) is 35.1 Å². The van der Waals surface area contributed by atoms with Gasteiger partial charge in [0.1, 0.15) is 5.82 Å². The van der Waals surface area contributed by atoms with Gasteiger partial charge in [0.05, 0.1) is 5.52 Å². The van der Waals surface area contributed by atoms with Gasteiger partial charge in [-0.25, -0.2) is 9.97 Å². The molecule has 21 heavy (non-hydrogen) atoms. The summed E-state index contributed by atoms with van der Waals surface area (Å²) >= 11 is 0. The molecule has 3 heteroatoms. The lowest BCUT2D eigenvalue weighted by molar-refractivity contribution is 1.07. The summed E-state index contributed by atoms with van der Waals surface area (Å²) in [5.41, 5.74) is 10.7. The van der Waals surface area contributed by atoms with Crippen molar-refractivity contribution >= 4 is 16.7 Å². The summed E-state index contributed by atoms with van der Waals surface area (Å²) in [6.07, 6.45) is 1.92. The zero-order chi connectivity index (χ0) is 14.8. The molecule has 0 amide bonds. The van der Waals surface area contributed by atoms with Crippen molar-refractivity contribution in [3.05, 3.63) is 53.6 Å². The lowest BCUT2D eigenvalue weighted by Gasteiger charge is -2.13. The van der Waals surface area contributed by atoms with Gasteiger partial charge in [-0.2, -0.15) is 0 Å². The molecule has 0 saturated carbocycles. The summed E-state index contributed by atoms with van der Waals surface area (Å²) in [5.74, 6) is 1.28. The molecule has 3 rings (SSSR count). The molecular formula is C18H19N3. The summed E-state index contributed by atoms with van der Waals surface area (Å²) < 4.78 is 0. The van der Waals surface area contributed by atoms with Gasteiger partial charge in [0.25, 0.3) is 0 Å². The van der Waals surface area contributed by atoms with E-state index in [9.17, 15) is 0 Å². The zero-order valence-corrected chi connectivity index (χ0v) is 12.4. The average Bonchev–Trinajstić information content (AvgIpc) is 2.54. The number of aryl methyl sites for hydroxylation is 2.